The minimum absolute atomic E-state index is 0.0469. The fraction of sp³-hybridized carbons (Fsp3) is 0.278. The highest BCUT2D eigenvalue weighted by Crippen LogP contribution is 2.26. The lowest BCUT2D eigenvalue weighted by Gasteiger charge is -2.02. The summed E-state index contributed by atoms with van der Waals surface area (Å²) in [5.74, 6) is 1.98. The number of nitrogens with one attached hydrogen (secondary N) is 1. The monoisotopic (exact) mass is 357 g/mol. The van der Waals surface area contributed by atoms with Crippen molar-refractivity contribution >= 4 is 17.2 Å². The SMILES string of the molecule is COc1cccc(CCc2nc(-c3ccc(CNC(C)=O)s3)no2)c1. The maximum absolute atomic E-state index is 11.0. The van der Waals surface area contributed by atoms with Crippen molar-refractivity contribution in [1.82, 2.24) is 15.5 Å². The predicted molar refractivity (Wildman–Crippen MR) is 95.5 cm³/mol. The second kappa shape index (κ2) is 7.94. The van der Waals surface area contributed by atoms with Gasteiger partial charge in [-0.15, -0.1) is 11.3 Å². The molecular weight excluding hydrogens is 338 g/mol. The Morgan fingerprint density at radius 2 is 2.16 bits per heavy atom. The Labute approximate surface area is 149 Å². The summed E-state index contributed by atoms with van der Waals surface area (Å²) in [7, 11) is 1.66. The number of thiophene rings is 1. The lowest BCUT2D eigenvalue weighted by Crippen LogP contribution is -2.17. The first-order valence-corrected chi connectivity index (χ1v) is 8.75. The number of hydrogen-bond acceptors (Lipinski definition) is 6. The van der Waals surface area contributed by atoms with Gasteiger partial charge < -0.3 is 14.6 Å². The van der Waals surface area contributed by atoms with E-state index in [1.54, 1.807) is 18.4 Å². The summed E-state index contributed by atoms with van der Waals surface area (Å²) in [5, 5.41) is 6.83. The molecule has 1 aromatic carbocycles. The molecule has 0 fully saturated rings. The molecule has 6 nitrogen and oxygen atoms in total. The molecule has 2 heterocycles. The van der Waals surface area contributed by atoms with E-state index in [0.29, 0.717) is 24.7 Å². The van der Waals surface area contributed by atoms with Crippen LogP contribution in [-0.4, -0.2) is 23.2 Å². The second-order valence-electron chi connectivity index (χ2n) is 5.54. The molecule has 0 aliphatic rings. The third-order valence-corrected chi connectivity index (χ3v) is 4.70. The third-order valence-electron chi connectivity index (χ3n) is 3.62. The Morgan fingerprint density at radius 1 is 1.28 bits per heavy atom. The van der Waals surface area contributed by atoms with Gasteiger partial charge in [-0.05, 0) is 36.2 Å². The van der Waals surface area contributed by atoms with Crippen LogP contribution in [0, 0.1) is 0 Å². The van der Waals surface area contributed by atoms with Crippen LogP contribution in [0.2, 0.25) is 0 Å². The topological polar surface area (TPSA) is 77.2 Å². The van der Waals surface area contributed by atoms with Gasteiger partial charge in [0.1, 0.15) is 5.75 Å². The van der Waals surface area contributed by atoms with Gasteiger partial charge in [-0.25, -0.2) is 0 Å². The number of aryl methyl sites for hydroxylation is 2. The highest BCUT2D eigenvalue weighted by molar-refractivity contribution is 7.15. The van der Waals surface area contributed by atoms with Crippen LogP contribution >= 0.6 is 11.3 Å². The molecule has 0 bridgehead atoms. The molecule has 0 spiro atoms. The van der Waals surface area contributed by atoms with Crippen LogP contribution in [0.4, 0.5) is 0 Å². The van der Waals surface area contributed by atoms with E-state index in [-0.39, 0.29) is 5.91 Å². The number of methoxy groups -OCH3 is 1. The number of rotatable bonds is 7. The third kappa shape index (κ3) is 4.67. The highest BCUT2D eigenvalue weighted by atomic mass is 32.1. The zero-order valence-electron chi connectivity index (χ0n) is 14.1. The molecular formula is C18H19N3O3S. The van der Waals surface area contributed by atoms with E-state index >= 15 is 0 Å². The number of ether oxygens (including phenoxy) is 1. The van der Waals surface area contributed by atoms with Crippen LogP contribution in [0.3, 0.4) is 0 Å². The maximum atomic E-state index is 11.0. The van der Waals surface area contributed by atoms with Gasteiger partial charge in [0, 0.05) is 18.2 Å². The molecule has 7 heteroatoms. The molecule has 0 atom stereocenters. The number of nitrogens with zero attached hydrogens (tertiary/aromatic N) is 2. The number of carbonyl (C=O) groups is 1. The Balaban J connectivity index is 1.61. The Kier molecular flexibility index (Phi) is 5.45. The van der Waals surface area contributed by atoms with Crippen molar-refractivity contribution in [1.29, 1.82) is 0 Å². The van der Waals surface area contributed by atoms with Crippen LogP contribution in [0.5, 0.6) is 5.75 Å². The summed E-state index contributed by atoms with van der Waals surface area (Å²) in [6, 6.07) is 11.8. The van der Waals surface area contributed by atoms with E-state index in [1.165, 1.54) is 6.92 Å². The average molecular weight is 357 g/mol. The van der Waals surface area contributed by atoms with Crippen molar-refractivity contribution in [3.63, 3.8) is 0 Å². The largest absolute Gasteiger partial charge is 0.497 e. The van der Waals surface area contributed by atoms with Crippen molar-refractivity contribution in [2.75, 3.05) is 7.11 Å². The summed E-state index contributed by atoms with van der Waals surface area (Å²) in [6.45, 7) is 2.02. The van der Waals surface area contributed by atoms with E-state index in [9.17, 15) is 4.79 Å². The molecule has 3 aromatic rings. The van der Waals surface area contributed by atoms with E-state index in [2.05, 4.69) is 15.5 Å². The van der Waals surface area contributed by atoms with Gasteiger partial charge >= 0.3 is 0 Å². The van der Waals surface area contributed by atoms with E-state index in [4.69, 9.17) is 9.26 Å². The number of aromatic nitrogens is 2. The van der Waals surface area contributed by atoms with Crippen molar-refractivity contribution in [3.05, 3.63) is 52.7 Å². The number of benzene rings is 1. The molecule has 25 heavy (non-hydrogen) atoms. The molecule has 1 amide bonds. The molecule has 0 radical (unpaired) electrons. The van der Waals surface area contributed by atoms with Crippen LogP contribution < -0.4 is 10.1 Å². The fourth-order valence-electron chi connectivity index (χ4n) is 2.34. The predicted octanol–water partition coefficient (Wildman–Crippen LogP) is 3.23. The summed E-state index contributed by atoms with van der Waals surface area (Å²) < 4.78 is 10.6. The van der Waals surface area contributed by atoms with Gasteiger partial charge in [-0.1, -0.05) is 17.3 Å². The van der Waals surface area contributed by atoms with Gasteiger partial charge in [0.2, 0.25) is 17.6 Å². The first-order valence-electron chi connectivity index (χ1n) is 7.93. The van der Waals surface area contributed by atoms with Crippen LogP contribution in [-0.2, 0) is 24.2 Å². The molecule has 2 aromatic heterocycles. The fourth-order valence-corrected chi connectivity index (χ4v) is 3.21. The molecule has 0 saturated carbocycles. The lowest BCUT2D eigenvalue weighted by atomic mass is 10.1. The van der Waals surface area contributed by atoms with E-state index < -0.39 is 0 Å². The van der Waals surface area contributed by atoms with Crippen molar-refractivity contribution in [2.45, 2.75) is 26.3 Å². The maximum Gasteiger partial charge on any atom is 0.227 e. The van der Waals surface area contributed by atoms with Crippen molar-refractivity contribution < 1.29 is 14.1 Å². The van der Waals surface area contributed by atoms with Crippen LogP contribution in [0.1, 0.15) is 23.3 Å². The Hall–Kier alpha value is -2.67. The normalized spacial score (nSPS) is 10.6. The number of carbonyl (C=O) groups excluding carboxylic acids is 1. The first kappa shape index (κ1) is 17.2. The van der Waals surface area contributed by atoms with E-state index in [0.717, 1.165) is 27.5 Å². The summed E-state index contributed by atoms with van der Waals surface area (Å²) in [5.41, 5.74) is 1.16. The highest BCUT2D eigenvalue weighted by Gasteiger charge is 2.11. The average Bonchev–Trinajstić information content (AvgIpc) is 3.27. The van der Waals surface area contributed by atoms with Crippen LogP contribution in [0.25, 0.3) is 10.7 Å². The molecule has 0 saturated heterocycles. The van der Waals surface area contributed by atoms with Gasteiger partial charge in [0.15, 0.2) is 0 Å². The molecule has 0 aliphatic heterocycles. The quantitative estimate of drug-likeness (QED) is 0.702. The van der Waals surface area contributed by atoms with Crippen molar-refractivity contribution in [2.24, 2.45) is 0 Å². The summed E-state index contributed by atoms with van der Waals surface area (Å²) in [4.78, 5) is 17.4. The van der Waals surface area contributed by atoms with Gasteiger partial charge in [-0.2, -0.15) is 4.98 Å². The minimum Gasteiger partial charge on any atom is -0.497 e. The molecule has 1 N–H and O–H groups in total. The Morgan fingerprint density at radius 3 is 2.96 bits per heavy atom. The van der Waals surface area contributed by atoms with Gasteiger partial charge in [0.05, 0.1) is 18.5 Å². The van der Waals surface area contributed by atoms with Gasteiger partial charge in [-0.3, -0.25) is 4.79 Å². The first-order chi connectivity index (χ1) is 12.1. The number of amides is 1. The molecule has 3 rings (SSSR count). The molecule has 0 unspecified atom stereocenters. The summed E-state index contributed by atoms with van der Waals surface area (Å²) in [6.07, 6.45) is 1.47. The second-order valence-corrected chi connectivity index (χ2v) is 6.71. The zero-order chi connectivity index (χ0) is 17.6. The van der Waals surface area contributed by atoms with Gasteiger partial charge in [0.25, 0.3) is 0 Å². The molecule has 130 valence electrons. The molecule has 0 aliphatic carbocycles. The van der Waals surface area contributed by atoms with E-state index in [1.807, 2.05) is 36.4 Å². The van der Waals surface area contributed by atoms with Crippen molar-refractivity contribution in [3.8, 4) is 16.5 Å². The standard InChI is InChI=1S/C18H19N3O3S/c1-12(22)19-11-15-7-8-16(25-15)18-20-17(24-21-18)9-6-13-4-3-5-14(10-13)23-2/h3-5,7-8,10H,6,9,11H2,1-2H3,(H,19,22). The summed E-state index contributed by atoms with van der Waals surface area (Å²) >= 11 is 1.54. The Bertz CT molecular complexity index is 857. The number of hydrogen-bond donors (Lipinski definition) is 1. The lowest BCUT2D eigenvalue weighted by molar-refractivity contribution is -0.119. The smallest absolute Gasteiger partial charge is 0.227 e. The zero-order valence-corrected chi connectivity index (χ0v) is 14.9. The van der Waals surface area contributed by atoms with Crippen LogP contribution in [0.15, 0.2) is 40.9 Å². The minimum atomic E-state index is -0.0469.